The number of aliphatic hydroxyl groups excluding tert-OH is 1. The first-order chi connectivity index (χ1) is 15.0. The molecule has 1 aliphatic rings. The summed E-state index contributed by atoms with van der Waals surface area (Å²) in [6, 6.07) is 16.9. The van der Waals surface area contributed by atoms with Gasteiger partial charge in [-0.1, -0.05) is 43.3 Å². The van der Waals surface area contributed by atoms with E-state index >= 15 is 0 Å². The molecule has 1 amide bonds. The summed E-state index contributed by atoms with van der Waals surface area (Å²) in [5.41, 5.74) is 2.74. The zero-order valence-corrected chi connectivity index (χ0v) is 17.3. The van der Waals surface area contributed by atoms with Gasteiger partial charge in [-0.05, 0) is 35.7 Å². The molecule has 0 radical (unpaired) electrons. The van der Waals surface area contributed by atoms with E-state index in [1.807, 2.05) is 19.1 Å². The van der Waals surface area contributed by atoms with Gasteiger partial charge in [0, 0.05) is 29.7 Å². The minimum Gasteiger partial charge on any atom is -0.507 e. The largest absolute Gasteiger partial charge is 0.507 e. The number of ether oxygens (including phenoxy) is 1. The molecule has 6 heteroatoms. The summed E-state index contributed by atoms with van der Waals surface area (Å²) in [5.74, 6) is -1.11. The number of benzene rings is 2. The molecule has 1 aromatic heterocycles. The smallest absolute Gasteiger partial charge is 0.300 e. The van der Waals surface area contributed by atoms with Crippen LogP contribution in [0.25, 0.3) is 5.76 Å². The average molecular weight is 414 g/mol. The number of pyridine rings is 1. The molecular weight excluding hydrogens is 392 g/mol. The molecule has 1 atom stereocenters. The normalized spacial score (nSPS) is 17.7. The summed E-state index contributed by atoms with van der Waals surface area (Å²) in [5, 5.41) is 11.1. The molecule has 4 rings (SSSR count). The third kappa shape index (κ3) is 3.68. The van der Waals surface area contributed by atoms with E-state index in [4.69, 9.17) is 4.74 Å². The summed E-state index contributed by atoms with van der Waals surface area (Å²) in [4.78, 5) is 31.7. The number of carbonyl (C=O) groups excluding carboxylic acids is 2. The molecule has 31 heavy (non-hydrogen) atoms. The number of nitrogens with zero attached hydrogens (tertiary/aromatic N) is 2. The fraction of sp³-hybridized carbons (Fsp3) is 0.160. The maximum Gasteiger partial charge on any atom is 0.300 e. The van der Waals surface area contributed by atoms with Gasteiger partial charge in [-0.3, -0.25) is 19.5 Å². The standard InChI is InChI=1S/C25H22N2O4/c1-3-16-9-11-17(12-10-16)23(28)21-22(18-6-5-13-26-15-18)27(25(30)24(21)29)19-7-4-8-20(14-19)31-2/h4-15,22,28H,3H2,1-2H3/b23-21+. The van der Waals surface area contributed by atoms with Crippen LogP contribution in [-0.4, -0.2) is 28.9 Å². The number of Topliss-reactive ketones (excluding diaryl/α,β-unsaturated/α-hetero) is 1. The van der Waals surface area contributed by atoms with E-state index in [0.29, 0.717) is 22.6 Å². The SMILES string of the molecule is CCc1ccc(/C(O)=C2\C(=O)C(=O)N(c3cccc(OC)c3)C2c2cccnc2)cc1. The number of carbonyl (C=O) groups is 2. The molecule has 3 aromatic rings. The summed E-state index contributed by atoms with van der Waals surface area (Å²) >= 11 is 0. The van der Waals surface area contributed by atoms with Crippen LogP contribution < -0.4 is 9.64 Å². The first-order valence-electron chi connectivity index (χ1n) is 9.99. The average Bonchev–Trinajstić information content (AvgIpc) is 3.09. The lowest BCUT2D eigenvalue weighted by molar-refractivity contribution is -0.132. The monoisotopic (exact) mass is 414 g/mol. The molecule has 2 aromatic carbocycles. The second-order valence-electron chi connectivity index (χ2n) is 7.21. The van der Waals surface area contributed by atoms with Gasteiger partial charge in [-0.25, -0.2) is 0 Å². The molecule has 1 saturated heterocycles. The zero-order valence-electron chi connectivity index (χ0n) is 17.3. The first kappa shape index (κ1) is 20.3. The molecule has 1 aliphatic heterocycles. The Bertz CT molecular complexity index is 1150. The molecule has 2 heterocycles. The fourth-order valence-electron chi connectivity index (χ4n) is 3.77. The summed E-state index contributed by atoms with van der Waals surface area (Å²) in [7, 11) is 1.53. The topological polar surface area (TPSA) is 79.7 Å². The van der Waals surface area contributed by atoms with Crippen LogP contribution in [0.1, 0.15) is 29.7 Å². The van der Waals surface area contributed by atoms with Crippen molar-refractivity contribution in [2.45, 2.75) is 19.4 Å². The number of methoxy groups -OCH3 is 1. The van der Waals surface area contributed by atoms with E-state index in [0.717, 1.165) is 12.0 Å². The quantitative estimate of drug-likeness (QED) is 0.383. The van der Waals surface area contributed by atoms with Gasteiger partial charge in [0.2, 0.25) is 0 Å². The zero-order chi connectivity index (χ0) is 22.0. The predicted octanol–water partition coefficient (Wildman–Crippen LogP) is 4.28. The maximum atomic E-state index is 13.1. The molecule has 1 N–H and O–H groups in total. The molecule has 0 saturated carbocycles. The number of amides is 1. The number of ketones is 1. The van der Waals surface area contributed by atoms with E-state index in [-0.39, 0.29) is 11.3 Å². The van der Waals surface area contributed by atoms with Crippen LogP contribution in [0.2, 0.25) is 0 Å². The first-order valence-corrected chi connectivity index (χ1v) is 9.99. The van der Waals surface area contributed by atoms with Gasteiger partial charge < -0.3 is 9.84 Å². The van der Waals surface area contributed by atoms with Crippen molar-refractivity contribution in [3.8, 4) is 5.75 Å². The Hall–Kier alpha value is -3.93. The van der Waals surface area contributed by atoms with Crippen LogP contribution in [0.4, 0.5) is 5.69 Å². The van der Waals surface area contributed by atoms with Crippen molar-refractivity contribution in [3.63, 3.8) is 0 Å². The van der Waals surface area contributed by atoms with Gasteiger partial charge in [-0.2, -0.15) is 0 Å². The summed E-state index contributed by atoms with van der Waals surface area (Å²) < 4.78 is 5.29. The van der Waals surface area contributed by atoms with Gasteiger partial charge >= 0.3 is 0 Å². The van der Waals surface area contributed by atoms with Crippen molar-refractivity contribution in [1.82, 2.24) is 4.98 Å². The Balaban J connectivity index is 1.91. The Morgan fingerprint density at radius 3 is 2.52 bits per heavy atom. The number of aromatic nitrogens is 1. The molecule has 1 fully saturated rings. The van der Waals surface area contributed by atoms with Crippen LogP contribution in [-0.2, 0) is 16.0 Å². The highest BCUT2D eigenvalue weighted by molar-refractivity contribution is 6.51. The van der Waals surface area contributed by atoms with Gasteiger partial charge in [0.1, 0.15) is 11.5 Å². The van der Waals surface area contributed by atoms with Crippen molar-refractivity contribution < 1.29 is 19.4 Å². The molecule has 0 spiro atoms. The minimum absolute atomic E-state index is 0.0325. The third-order valence-corrected chi connectivity index (χ3v) is 5.41. The number of anilines is 1. The van der Waals surface area contributed by atoms with Gasteiger partial charge in [-0.15, -0.1) is 0 Å². The van der Waals surface area contributed by atoms with E-state index < -0.39 is 17.7 Å². The van der Waals surface area contributed by atoms with Gasteiger partial charge in [0.15, 0.2) is 0 Å². The van der Waals surface area contributed by atoms with Crippen molar-refractivity contribution in [3.05, 3.63) is 95.3 Å². The van der Waals surface area contributed by atoms with Crippen molar-refractivity contribution in [2.24, 2.45) is 0 Å². The fourth-order valence-corrected chi connectivity index (χ4v) is 3.77. The summed E-state index contributed by atoms with van der Waals surface area (Å²) in [6.07, 6.45) is 4.07. The minimum atomic E-state index is -0.813. The Morgan fingerprint density at radius 1 is 1.10 bits per heavy atom. The van der Waals surface area contributed by atoms with E-state index in [2.05, 4.69) is 4.98 Å². The number of aryl methyl sites for hydroxylation is 1. The maximum absolute atomic E-state index is 13.1. The Labute approximate surface area is 180 Å². The lowest BCUT2D eigenvalue weighted by Crippen LogP contribution is -2.29. The van der Waals surface area contributed by atoms with Crippen LogP contribution in [0.15, 0.2) is 78.6 Å². The molecular formula is C25H22N2O4. The van der Waals surface area contributed by atoms with Crippen LogP contribution >= 0.6 is 0 Å². The van der Waals surface area contributed by atoms with Crippen molar-refractivity contribution in [2.75, 3.05) is 12.0 Å². The predicted molar refractivity (Wildman–Crippen MR) is 118 cm³/mol. The Kier molecular flexibility index (Phi) is 5.54. The lowest BCUT2D eigenvalue weighted by Gasteiger charge is -2.25. The number of rotatable bonds is 5. The molecule has 6 nitrogen and oxygen atoms in total. The van der Waals surface area contributed by atoms with Crippen molar-refractivity contribution >= 4 is 23.1 Å². The van der Waals surface area contributed by atoms with Gasteiger partial charge in [0.05, 0.1) is 18.7 Å². The Morgan fingerprint density at radius 2 is 1.87 bits per heavy atom. The highest BCUT2D eigenvalue weighted by Crippen LogP contribution is 2.42. The highest BCUT2D eigenvalue weighted by atomic mass is 16.5. The number of hydrogen-bond donors (Lipinski definition) is 1. The van der Waals surface area contributed by atoms with Crippen LogP contribution in [0.3, 0.4) is 0 Å². The number of aliphatic hydroxyl groups is 1. The molecule has 156 valence electrons. The van der Waals surface area contributed by atoms with E-state index in [9.17, 15) is 14.7 Å². The van der Waals surface area contributed by atoms with E-state index in [1.165, 1.54) is 12.0 Å². The third-order valence-electron chi connectivity index (χ3n) is 5.41. The molecule has 0 bridgehead atoms. The van der Waals surface area contributed by atoms with E-state index in [1.54, 1.807) is 60.9 Å². The lowest BCUT2D eigenvalue weighted by atomic mass is 9.95. The van der Waals surface area contributed by atoms with Crippen LogP contribution in [0.5, 0.6) is 5.75 Å². The van der Waals surface area contributed by atoms with Gasteiger partial charge in [0.25, 0.3) is 11.7 Å². The summed E-state index contributed by atoms with van der Waals surface area (Å²) in [6.45, 7) is 2.04. The number of hydrogen-bond acceptors (Lipinski definition) is 5. The molecule has 1 unspecified atom stereocenters. The van der Waals surface area contributed by atoms with Crippen LogP contribution in [0, 0.1) is 0 Å². The van der Waals surface area contributed by atoms with Crippen molar-refractivity contribution in [1.29, 1.82) is 0 Å². The molecule has 0 aliphatic carbocycles. The highest BCUT2D eigenvalue weighted by Gasteiger charge is 2.47. The second kappa shape index (κ2) is 8.44. The second-order valence-corrected chi connectivity index (χ2v) is 7.21.